The van der Waals surface area contributed by atoms with Gasteiger partial charge >= 0.3 is 5.97 Å². The number of hydrogen-bond donors (Lipinski definition) is 1. The molecular weight excluding hydrogens is 300 g/mol. The van der Waals surface area contributed by atoms with Crippen LogP contribution < -0.4 is 0 Å². The van der Waals surface area contributed by atoms with Crippen LogP contribution in [0.4, 0.5) is 0 Å². The van der Waals surface area contributed by atoms with Crippen molar-refractivity contribution in [2.24, 2.45) is 0 Å². The number of aromatic carboxylic acids is 1. The predicted molar refractivity (Wildman–Crippen MR) is 73.8 cm³/mol. The van der Waals surface area contributed by atoms with Crippen LogP contribution in [0.25, 0.3) is 0 Å². The first kappa shape index (κ1) is 13.0. The van der Waals surface area contributed by atoms with E-state index >= 15 is 0 Å². The molecule has 1 aliphatic rings. The Morgan fingerprint density at radius 2 is 2.00 bits per heavy atom. The molecule has 0 spiro atoms. The first-order valence-electron chi connectivity index (χ1n) is 5.86. The molecule has 0 bridgehead atoms. The highest BCUT2D eigenvalue weighted by Gasteiger charge is 2.16. The standard InChI is InChI=1S/C13H15BrO2S/c14-11-8-9(13(15)16)6-7-12(11)17-10-4-2-1-3-5-10/h6-8,10H,1-5H2,(H,15,16). The molecule has 1 aliphatic carbocycles. The molecule has 4 heteroatoms. The molecule has 92 valence electrons. The van der Waals surface area contributed by atoms with Crippen LogP contribution in [0, 0.1) is 0 Å². The highest BCUT2D eigenvalue weighted by atomic mass is 79.9. The second-order valence-electron chi connectivity index (χ2n) is 4.33. The van der Waals surface area contributed by atoms with Crippen molar-refractivity contribution in [2.75, 3.05) is 0 Å². The molecule has 2 nitrogen and oxygen atoms in total. The topological polar surface area (TPSA) is 37.3 Å². The van der Waals surface area contributed by atoms with E-state index in [4.69, 9.17) is 5.11 Å². The predicted octanol–water partition coefficient (Wildman–Crippen LogP) is 4.57. The van der Waals surface area contributed by atoms with Crippen LogP contribution >= 0.6 is 27.7 Å². The van der Waals surface area contributed by atoms with Gasteiger partial charge in [0.1, 0.15) is 0 Å². The quantitative estimate of drug-likeness (QED) is 0.887. The van der Waals surface area contributed by atoms with Gasteiger partial charge in [-0.2, -0.15) is 0 Å². The summed E-state index contributed by atoms with van der Waals surface area (Å²) in [4.78, 5) is 12.0. The molecular formula is C13H15BrO2S. The number of rotatable bonds is 3. The van der Waals surface area contributed by atoms with Crippen molar-refractivity contribution < 1.29 is 9.90 Å². The van der Waals surface area contributed by atoms with E-state index < -0.39 is 5.97 Å². The molecule has 0 atom stereocenters. The first-order chi connectivity index (χ1) is 8.16. The molecule has 17 heavy (non-hydrogen) atoms. The molecule has 1 fully saturated rings. The van der Waals surface area contributed by atoms with Gasteiger partial charge in [0.2, 0.25) is 0 Å². The highest BCUT2D eigenvalue weighted by Crippen LogP contribution is 2.37. The largest absolute Gasteiger partial charge is 0.478 e. The average Bonchev–Trinajstić information content (AvgIpc) is 2.33. The van der Waals surface area contributed by atoms with Gasteiger partial charge in [-0.25, -0.2) is 4.79 Å². The van der Waals surface area contributed by atoms with Crippen molar-refractivity contribution in [3.63, 3.8) is 0 Å². The van der Waals surface area contributed by atoms with Crippen molar-refractivity contribution in [1.29, 1.82) is 0 Å². The van der Waals surface area contributed by atoms with Gasteiger partial charge in [0.05, 0.1) is 5.56 Å². The Morgan fingerprint density at radius 1 is 1.29 bits per heavy atom. The minimum Gasteiger partial charge on any atom is -0.478 e. The number of thioether (sulfide) groups is 1. The first-order valence-corrected chi connectivity index (χ1v) is 7.53. The molecule has 0 amide bonds. The summed E-state index contributed by atoms with van der Waals surface area (Å²) >= 11 is 5.33. The summed E-state index contributed by atoms with van der Waals surface area (Å²) in [5, 5.41) is 9.58. The molecule has 0 unspecified atom stereocenters. The Labute approximate surface area is 114 Å². The minimum absolute atomic E-state index is 0.338. The second-order valence-corrected chi connectivity index (χ2v) is 6.52. The fourth-order valence-corrected chi connectivity index (χ4v) is 4.00. The van der Waals surface area contributed by atoms with Gasteiger partial charge in [0.15, 0.2) is 0 Å². The SMILES string of the molecule is O=C(O)c1ccc(SC2CCCCC2)c(Br)c1. The summed E-state index contributed by atoms with van der Waals surface area (Å²) in [7, 11) is 0. The third-order valence-electron chi connectivity index (χ3n) is 3.02. The number of carbonyl (C=O) groups is 1. The van der Waals surface area contributed by atoms with E-state index in [0.29, 0.717) is 10.8 Å². The summed E-state index contributed by atoms with van der Waals surface area (Å²) < 4.78 is 0.896. The molecule has 0 heterocycles. The lowest BCUT2D eigenvalue weighted by Crippen LogP contribution is -2.07. The lowest BCUT2D eigenvalue weighted by atomic mass is 10.0. The maximum Gasteiger partial charge on any atom is 0.335 e. The number of hydrogen-bond acceptors (Lipinski definition) is 2. The lowest BCUT2D eigenvalue weighted by Gasteiger charge is -2.21. The zero-order chi connectivity index (χ0) is 12.3. The Hall–Kier alpha value is -0.480. The van der Waals surface area contributed by atoms with Gasteiger partial charge in [-0.1, -0.05) is 19.3 Å². The monoisotopic (exact) mass is 314 g/mol. The third kappa shape index (κ3) is 3.49. The van der Waals surface area contributed by atoms with Crippen LogP contribution in [0.3, 0.4) is 0 Å². The van der Waals surface area contributed by atoms with E-state index in [1.54, 1.807) is 12.1 Å². The van der Waals surface area contributed by atoms with E-state index in [9.17, 15) is 4.79 Å². The molecule has 2 rings (SSSR count). The molecule has 0 aliphatic heterocycles. The van der Waals surface area contributed by atoms with Crippen LogP contribution in [0.5, 0.6) is 0 Å². The lowest BCUT2D eigenvalue weighted by molar-refractivity contribution is 0.0696. The number of benzene rings is 1. The van der Waals surface area contributed by atoms with Crippen molar-refractivity contribution in [1.82, 2.24) is 0 Å². The summed E-state index contributed by atoms with van der Waals surface area (Å²) in [6.07, 6.45) is 6.55. The maximum absolute atomic E-state index is 10.8. The molecule has 0 radical (unpaired) electrons. The van der Waals surface area contributed by atoms with Crippen molar-refractivity contribution >= 4 is 33.7 Å². The molecule has 0 saturated heterocycles. The van der Waals surface area contributed by atoms with E-state index in [2.05, 4.69) is 15.9 Å². The van der Waals surface area contributed by atoms with E-state index in [1.807, 2.05) is 17.8 Å². The van der Waals surface area contributed by atoms with Crippen LogP contribution in [-0.4, -0.2) is 16.3 Å². The fraction of sp³-hybridized carbons (Fsp3) is 0.462. The van der Waals surface area contributed by atoms with Gasteiger partial charge in [-0.05, 0) is 47.0 Å². The maximum atomic E-state index is 10.8. The van der Waals surface area contributed by atoms with E-state index in [1.165, 1.54) is 32.1 Å². The highest BCUT2D eigenvalue weighted by molar-refractivity contribution is 9.10. The third-order valence-corrected chi connectivity index (χ3v) is 5.36. The van der Waals surface area contributed by atoms with E-state index in [-0.39, 0.29) is 0 Å². The van der Waals surface area contributed by atoms with Crippen LogP contribution in [-0.2, 0) is 0 Å². The van der Waals surface area contributed by atoms with E-state index in [0.717, 1.165) is 9.37 Å². The minimum atomic E-state index is -0.875. The Morgan fingerprint density at radius 3 is 2.59 bits per heavy atom. The Kier molecular flexibility index (Phi) is 4.51. The van der Waals surface area contributed by atoms with Crippen LogP contribution in [0.15, 0.2) is 27.6 Å². The van der Waals surface area contributed by atoms with Gasteiger partial charge < -0.3 is 5.11 Å². The Balaban J connectivity index is 2.08. The normalized spacial score (nSPS) is 17.0. The van der Waals surface area contributed by atoms with Crippen LogP contribution in [0.1, 0.15) is 42.5 Å². The average molecular weight is 315 g/mol. The van der Waals surface area contributed by atoms with Crippen molar-refractivity contribution in [3.8, 4) is 0 Å². The molecule has 1 aromatic rings. The summed E-state index contributed by atoms with van der Waals surface area (Å²) in [5.41, 5.74) is 0.338. The number of carboxylic acid groups (broad SMARTS) is 1. The number of carboxylic acids is 1. The number of halogens is 1. The van der Waals surface area contributed by atoms with Gasteiger partial charge in [-0.15, -0.1) is 11.8 Å². The zero-order valence-corrected chi connectivity index (χ0v) is 11.9. The molecule has 1 saturated carbocycles. The van der Waals surface area contributed by atoms with Crippen molar-refractivity contribution in [2.45, 2.75) is 42.2 Å². The zero-order valence-electron chi connectivity index (χ0n) is 9.49. The second kappa shape index (κ2) is 5.91. The van der Waals surface area contributed by atoms with Gasteiger partial charge in [0.25, 0.3) is 0 Å². The summed E-state index contributed by atoms with van der Waals surface area (Å²) in [6, 6.07) is 5.28. The smallest absolute Gasteiger partial charge is 0.335 e. The molecule has 1 N–H and O–H groups in total. The van der Waals surface area contributed by atoms with Gasteiger partial charge in [-0.3, -0.25) is 0 Å². The summed E-state index contributed by atoms with van der Waals surface area (Å²) in [6.45, 7) is 0. The van der Waals surface area contributed by atoms with Crippen molar-refractivity contribution in [3.05, 3.63) is 28.2 Å². The molecule has 0 aromatic heterocycles. The van der Waals surface area contributed by atoms with Gasteiger partial charge in [0, 0.05) is 14.6 Å². The van der Waals surface area contributed by atoms with Crippen LogP contribution in [0.2, 0.25) is 0 Å². The molecule has 1 aromatic carbocycles. The summed E-state index contributed by atoms with van der Waals surface area (Å²) in [5.74, 6) is -0.875. The fourth-order valence-electron chi connectivity index (χ4n) is 2.09. The Bertz CT molecular complexity index is 414.